The minimum absolute atomic E-state index is 0.182. The van der Waals surface area contributed by atoms with Crippen molar-refractivity contribution in [2.45, 2.75) is 78.4 Å². The van der Waals surface area contributed by atoms with Gasteiger partial charge in [-0.05, 0) is 87.8 Å². The molecule has 2 aliphatic rings. The van der Waals surface area contributed by atoms with Crippen LogP contribution in [0.3, 0.4) is 0 Å². The summed E-state index contributed by atoms with van der Waals surface area (Å²) in [5.74, 6) is 3.49. The molecule has 210 valence electrons. The maximum absolute atomic E-state index is 12.9. The van der Waals surface area contributed by atoms with Gasteiger partial charge in [-0.3, -0.25) is 0 Å². The van der Waals surface area contributed by atoms with Crippen LogP contribution < -0.4 is 14.8 Å². The Morgan fingerprint density at radius 2 is 1.81 bits per heavy atom. The zero-order valence-corrected chi connectivity index (χ0v) is 24.2. The highest BCUT2D eigenvalue weighted by Crippen LogP contribution is 2.36. The molecule has 1 N–H and O–H groups in total. The molecule has 1 saturated carbocycles. The Hall–Kier alpha value is -1.99. The van der Waals surface area contributed by atoms with Gasteiger partial charge in [-0.2, -0.15) is 0 Å². The van der Waals surface area contributed by atoms with Gasteiger partial charge in [0.2, 0.25) is 0 Å². The molecule has 7 heteroatoms. The van der Waals surface area contributed by atoms with Gasteiger partial charge in [0.15, 0.2) is 11.5 Å². The van der Waals surface area contributed by atoms with E-state index >= 15 is 0 Å². The molecule has 7 nitrogen and oxygen atoms in total. The molecule has 37 heavy (non-hydrogen) atoms. The maximum atomic E-state index is 12.9. The number of amides is 1. The largest absolute Gasteiger partial charge is 0.493 e. The molecular weight excluding hydrogens is 468 g/mol. The third kappa shape index (κ3) is 9.68. The summed E-state index contributed by atoms with van der Waals surface area (Å²) in [6.45, 7) is 14.2. The molecular formula is C30H50N2O5. The van der Waals surface area contributed by atoms with Crippen molar-refractivity contribution in [2.24, 2.45) is 23.7 Å². The van der Waals surface area contributed by atoms with Crippen LogP contribution in [-0.2, 0) is 15.9 Å². The first-order chi connectivity index (χ1) is 17.6. The molecule has 1 amide bonds. The van der Waals surface area contributed by atoms with Crippen molar-refractivity contribution in [2.75, 3.05) is 47.1 Å². The number of carbonyl (C=O) groups excluding carboxylic acids is 1. The second-order valence-electron chi connectivity index (χ2n) is 12.2. The molecule has 1 aliphatic carbocycles. The summed E-state index contributed by atoms with van der Waals surface area (Å²) in [5.41, 5.74) is 0.783. The minimum atomic E-state index is -0.477. The van der Waals surface area contributed by atoms with E-state index in [1.165, 1.54) is 18.4 Å². The summed E-state index contributed by atoms with van der Waals surface area (Å²) < 4.78 is 22.4. The Kier molecular flexibility index (Phi) is 10.9. The lowest BCUT2D eigenvalue weighted by Gasteiger charge is -2.28. The molecule has 0 aromatic heterocycles. The van der Waals surface area contributed by atoms with Crippen LogP contribution in [0.1, 0.15) is 65.9 Å². The number of methoxy groups -OCH3 is 2. The first kappa shape index (κ1) is 29.6. The number of likely N-dealkylation sites (tertiary alicyclic amines) is 1. The molecule has 0 bridgehead atoms. The van der Waals surface area contributed by atoms with E-state index in [4.69, 9.17) is 18.9 Å². The number of rotatable bonds is 14. The van der Waals surface area contributed by atoms with Crippen molar-refractivity contribution in [3.05, 3.63) is 23.8 Å². The molecule has 2 fully saturated rings. The summed E-state index contributed by atoms with van der Waals surface area (Å²) in [6, 6.07) is 6.97. The van der Waals surface area contributed by atoms with Crippen LogP contribution in [0.15, 0.2) is 18.2 Å². The van der Waals surface area contributed by atoms with E-state index in [0.717, 1.165) is 50.4 Å². The van der Waals surface area contributed by atoms with Crippen molar-refractivity contribution >= 4 is 6.09 Å². The standard InChI is InChI=1S/C30H50N2O5/c1-21(2)23(15-22-9-12-27(35-7)28(16-22)36-14-8-13-34-6)17-24-19-32(29(33)37-30(3,4)5)20-25(24)18-31-26-10-11-26/h9,12,16,21,23-26,31H,8,10-11,13-15,17-20H2,1-7H3/t23?,24-,25-/m1/s1. The van der Waals surface area contributed by atoms with Crippen LogP contribution in [0.5, 0.6) is 11.5 Å². The molecule has 3 atom stereocenters. The highest BCUT2D eigenvalue weighted by atomic mass is 16.6. The maximum Gasteiger partial charge on any atom is 0.410 e. The lowest BCUT2D eigenvalue weighted by molar-refractivity contribution is 0.0282. The quantitative estimate of drug-likeness (QED) is 0.326. The van der Waals surface area contributed by atoms with Crippen LogP contribution in [0, 0.1) is 23.7 Å². The van der Waals surface area contributed by atoms with Gasteiger partial charge in [0.05, 0.1) is 13.7 Å². The van der Waals surface area contributed by atoms with Crippen LogP contribution in [-0.4, -0.2) is 69.7 Å². The predicted molar refractivity (Wildman–Crippen MR) is 147 cm³/mol. The van der Waals surface area contributed by atoms with Gasteiger partial charge in [-0.1, -0.05) is 19.9 Å². The van der Waals surface area contributed by atoms with Gasteiger partial charge in [-0.15, -0.1) is 0 Å². The smallest absolute Gasteiger partial charge is 0.410 e. The molecule has 1 unspecified atom stereocenters. The Morgan fingerprint density at radius 1 is 1.08 bits per heavy atom. The normalized spacial score (nSPS) is 20.8. The van der Waals surface area contributed by atoms with Crippen molar-refractivity contribution < 1.29 is 23.7 Å². The van der Waals surface area contributed by atoms with Crippen LogP contribution >= 0.6 is 0 Å². The second kappa shape index (κ2) is 13.7. The summed E-state index contributed by atoms with van der Waals surface area (Å²) in [5, 5.41) is 3.72. The lowest BCUT2D eigenvalue weighted by atomic mass is 9.79. The topological polar surface area (TPSA) is 69.3 Å². The number of ether oxygens (including phenoxy) is 4. The van der Waals surface area contributed by atoms with Crippen LogP contribution in [0.2, 0.25) is 0 Å². The Labute approximate surface area is 224 Å². The third-order valence-electron chi connectivity index (χ3n) is 7.50. The Balaban J connectivity index is 1.68. The fraction of sp³-hybridized carbons (Fsp3) is 0.767. The first-order valence-electron chi connectivity index (χ1n) is 14.1. The van der Waals surface area contributed by atoms with Crippen molar-refractivity contribution in [1.29, 1.82) is 0 Å². The van der Waals surface area contributed by atoms with Gasteiger partial charge in [-0.25, -0.2) is 4.79 Å². The molecule has 3 rings (SSSR count). The summed E-state index contributed by atoms with van der Waals surface area (Å²) in [7, 11) is 3.39. The van der Waals surface area contributed by atoms with E-state index in [0.29, 0.717) is 42.9 Å². The molecule has 1 saturated heterocycles. The molecule has 1 aliphatic heterocycles. The fourth-order valence-electron chi connectivity index (χ4n) is 5.15. The average molecular weight is 519 g/mol. The first-order valence-corrected chi connectivity index (χ1v) is 14.1. The van der Waals surface area contributed by atoms with Gasteiger partial charge in [0.25, 0.3) is 0 Å². The number of carbonyl (C=O) groups is 1. The lowest BCUT2D eigenvalue weighted by Crippen LogP contribution is -2.36. The molecule has 1 heterocycles. The van der Waals surface area contributed by atoms with Crippen LogP contribution in [0.4, 0.5) is 4.79 Å². The van der Waals surface area contributed by atoms with Crippen molar-refractivity contribution in [3.63, 3.8) is 0 Å². The Bertz CT molecular complexity index is 849. The van der Waals surface area contributed by atoms with Gasteiger partial charge in [0, 0.05) is 45.8 Å². The molecule has 0 spiro atoms. The monoisotopic (exact) mass is 518 g/mol. The summed E-state index contributed by atoms with van der Waals surface area (Å²) in [4.78, 5) is 14.8. The molecule has 1 aromatic carbocycles. The van der Waals surface area contributed by atoms with Crippen LogP contribution in [0.25, 0.3) is 0 Å². The number of hydrogen-bond donors (Lipinski definition) is 1. The van der Waals surface area contributed by atoms with Gasteiger partial charge in [0.1, 0.15) is 5.60 Å². The minimum Gasteiger partial charge on any atom is -0.493 e. The van der Waals surface area contributed by atoms with Gasteiger partial charge >= 0.3 is 6.09 Å². The fourth-order valence-corrected chi connectivity index (χ4v) is 5.15. The van der Waals surface area contributed by atoms with Gasteiger partial charge < -0.3 is 29.2 Å². The number of benzene rings is 1. The summed E-state index contributed by atoms with van der Waals surface area (Å²) >= 11 is 0. The highest BCUT2D eigenvalue weighted by molar-refractivity contribution is 5.68. The van der Waals surface area contributed by atoms with E-state index in [2.05, 4.69) is 31.3 Å². The SMILES string of the molecule is COCCCOc1cc(CC(C[C@@H]2CN(C(=O)OC(C)(C)C)C[C@H]2CNC2CC2)C(C)C)ccc1OC. The number of nitrogens with one attached hydrogen (secondary N) is 1. The van der Waals surface area contributed by atoms with E-state index < -0.39 is 5.60 Å². The predicted octanol–water partition coefficient (Wildman–Crippen LogP) is 5.55. The zero-order valence-electron chi connectivity index (χ0n) is 24.2. The second-order valence-corrected chi connectivity index (χ2v) is 12.2. The van der Waals surface area contributed by atoms with Crippen molar-refractivity contribution in [3.8, 4) is 11.5 Å². The molecule has 0 radical (unpaired) electrons. The highest BCUT2D eigenvalue weighted by Gasteiger charge is 2.39. The van der Waals surface area contributed by atoms with E-state index in [-0.39, 0.29) is 6.09 Å². The van der Waals surface area contributed by atoms with E-state index in [9.17, 15) is 4.79 Å². The average Bonchev–Trinajstić information content (AvgIpc) is 3.58. The number of hydrogen-bond acceptors (Lipinski definition) is 6. The molecule has 1 aromatic rings. The number of nitrogens with zero attached hydrogens (tertiary/aromatic N) is 1. The van der Waals surface area contributed by atoms with E-state index in [1.54, 1.807) is 14.2 Å². The summed E-state index contributed by atoms with van der Waals surface area (Å²) in [6.07, 6.45) is 5.26. The zero-order chi connectivity index (χ0) is 27.0. The van der Waals surface area contributed by atoms with E-state index in [1.807, 2.05) is 31.7 Å². The Morgan fingerprint density at radius 3 is 2.43 bits per heavy atom. The third-order valence-corrected chi connectivity index (χ3v) is 7.50. The van der Waals surface area contributed by atoms with Crippen molar-refractivity contribution in [1.82, 2.24) is 10.2 Å².